The maximum atomic E-state index is 5.72. The summed E-state index contributed by atoms with van der Waals surface area (Å²) in [5, 5.41) is 4.49. The van der Waals surface area contributed by atoms with Gasteiger partial charge in [0.1, 0.15) is 0 Å². The van der Waals surface area contributed by atoms with E-state index in [-0.39, 0.29) is 0 Å². The zero-order valence-electron chi connectivity index (χ0n) is 9.66. The van der Waals surface area contributed by atoms with Crippen molar-refractivity contribution in [2.45, 2.75) is 44.6 Å². The molecule has 1 aliphatic carbocycles. The van der Waals surface area contributed by atoms with Crippen molar-refractivity contribution in [3.8, 4) is 5.75 Å². The van der Waals surface area contributed by atoms with E-state index in [0.717, 1.165) is 5.00 Å². The Bertz CT molecular complexity index is 332. The summed E-state index contributed by atoms with van der Waals surface area (Å²) in [7, 11) is 1.64. The first kappa shape index (κ1) is 11.5. The molecule has 0 spiro atoms. The van der Waals surface area contributed by atoms with Gasteiger partial charge in [0.25, 0.3) is 0 Å². The van der Waals surface area contributed by atoms with Gasteiger partial charge in [0.05, 0.1) is 7.11 Å². The molecular weight excluding hydrogens is 222 g/mol. The maximum Gasteiger partial charge on any atom is 0.197 e. The predicted molar refractivity (Wildman–Crippen MR) is 68.2 cm³/mol. The SMILES string of the molecule is COc1c(N)nsc1NC1CCCCCC1. The predicted octanol–water partition coefficient (Wildman–Crippen LogP) is 2.87. The van der Waals surface area contributed by atoms with Crippen LogP contribution in [0, 0.1) is 0 Å². The molecule has 1 saturated carbocycles. The van der Waals surface area contributed by atoms with E-state index in [4.69, 9.17) is 10.5 Å². The second-order valence-electron chi connectivity index (χ2n) is 4.26. The third-order valence-electron chi connectivity index (χ3n) is 3.07. The average Bonchev–Trinajstić information content (AvgIpc) is 2.51. The molecule has 2 rings (SSSR count). The monoisotopic (exact) mass is 241 g/mol. The number of nitrogens with two attached hydrogens (primary N) is 1. The number of nitrogen functional groups attached to an aromatic ring is 1. The largest absolute Gasteiger partial charge is 0.490 e. The number of hydrogen-bond acceptors (Lipinski definition) is 5. The van der Waals surface area contributed by atoms with Crippen LogP contribution in [-0.2, 0) is 0 Å². The fourth-order valence-corrected chi connectivity index (χ4v) is 2.96. The molecule has 1 heterocycles. The van der Waals surface area contributed by atoms with Crippen LogP contribution < -0.4 is 15.8 Å². The zero-order valence-corrected chi connectivity index (χ0v) is 10.5. The summed E-state index contributed by atoms with van der Waals surface area (Å²) in [5.41, 5.74) is 5.72. The van der Waals surface area contributed by atoms with Crippen LogP contribution in [0.3, 0.4) is 0 Å². The van der Waals surface area contributed by atoms with Crippen molar-refractivity contribution < 1.29 is 4.74 Å². The molecule has 0 aromatic carbocycles. The average molecular weight is 241 g/mol. The van der Waals surface area contributed by atoms with E-state index in [0.29, 0.717) is 17.6 Å². The first-order valence-corrected chi connectivity index (χ1v) is 6.64. The molecule has 90 valence electrons. The van der Waals surface area contributed by atoms with E-state index in [2.05, 4.69) is 9.69 Å². The number of nitrogens with one attached hydrogen (secondary N) is 1. The lowest BCUT2D eigenvalue weighted by Gasteiger charge is -2.16. The van der Waals surface area contributed by atoms with Gasteiger partial charge in [-0.15, -0.1) is 0 Å². The molecule has 0 bridgehead atoms. The number of methoxy groups -OCH3 is 1. The van der Waals surface area contributed by atoms with E-state index >= 15 is 0 Å². The van der Waals surface area contributed by atoms with Crippen LogP contribution in [0.25, 0.3) is 0 Å². The smallest absolute Gasteiger partial charge is 0.197 e. The minimum Gasteiger partial charge on any atom is -0.490 e. The Balaban J connectivity index is 2.01. The lowest BCUT2D eigenvalue weighted by Crippen LogP contribution is -2.17. The molecule has 0 atom stereocenters. The summed E-state index contributed by atoms with van der Waals surface area (Å²) < 4.78 is 9.36. The van der Waals surface area contributed by atoms with Gasteiger partial charge in [-0.05, 0) is 24.4 Å². The summed E-state index contributed by atoms with van der Waals surface area (Å²) in [5.74, 6) is 1.19. The van der Waals surface area contributed by atoms with E-state index in [9.17, 15) is 0 Å². The highest BCUT2D eigenvalue weighted by atomic mass is 32.1. The highest BCUT2D eigenvalue weighted by Crippen LogP contribution is 2.36. The lowest BCUT2D eigenvalue weighted by atomic mass is 10.1. The third kappa shape index (κ3) is 2.58. The molecule has 1 aromatic heterocycles. The molecule has 1 aliphatic rings. The van der Waals surface area contributed by atoms with Crippen LogP contribution in [-0.4, -0.2) is 17.5 Å². The highest BCUT2D eigenvalue weighted by molar-refractivity contribution is 7.11. The molecule has 5 heteroatoms. The molecule has 1 fully saturated rings. The lowest BCUT2D eigenvalue weighted by molar-refractivity contribution is 0.418. The van der Waals surface area contributed by atoms with Gasteiger partial charge in [0.2, 0.25) is 0 Å². The van der Waals surface area contributed by atoms with Gasteiger partial charge in [-0.3, -0.25) is 0 Å². The van der Waals surface area contributed by atoms with Crippen LogP contribution in [0.4, 0.5) is 10.8 Å². The van der Waals surface area contributed by atoms with Crippen LogP contribution in [0.1, 0.15) is 38.5 Å². The van der Waals surface area contributed by atoms with E-state index in [1.807, 2.05) is 0 Å². The third-order valence-corrected chi connectivity index (χ3v) is 3.84. The molecule has 0 radical (unpaired) electrons. The van der Waals surface area contributed by atoms with Gasteiger partial charge in [-0.2, -0.15) is 4.37 Å². The zero-order chi connectivity index (χ0) is 11.4. The molecule has 0 unspecified atom stereocenters. The summed E-state index contributed by atoms with van der Waals surface area (Å²) >= 11 is 1.39. The first-order valence-electron chi connectivity index (χ1n) is 5.87. The molecule has 3 N–H and O–H groups in total. The summed E-state index contributed by atoms with van der Waals surface area (Å²) in [6.45, 7) is 0. The highest BCUT2D eigenvalue weighted by Gasteiger charge is 2.17. The van der Waals surface area contributed by atoms with Crippen molar-refractivity contribution in [1.82, 2.24) is 4.37 Å². The molecule has 0 amide bonds. The molecule has 16 heavy (non-hydrogen) atoms. The van der Waals surface area contributed by atoms with Crippen molar-refractivity contribution in [1.29, 1.82) is 0 Å². The Kier molecular flexibility index (Phi) is 3.88. The number of rotatable bonds is 3. The van der Waals surface area contributed by atoms with Crippen LogP contribution >= 0.6 is 11.5 Å². The van der Waals surface area contributed by atoms with Crippen molar-refractivity contribution >= 4 is 22.4 Å². The molecular formula is C11H19N3OS. The minimum absolute atomic E-state index is 0.489. The van der Waals surface area contributed by atoms with Crippen molar-refractivity contribution in [3.63, 3.8) is 0 Å². The van der Waals surface area contributed by atoms with Crippen molar-refractivity contribution in [3.05, 3.63) is 0 Å². The normalized spacial score (nSPS) is 18.1. The van der Waals surface area contributed by atoms with Crippen molar-refractivity contribution in [2.75, 3.05) is 18.2 Å². The molecule has 0 saturated heterocycles. The summed E-state index contributed by atoms with van der Waals surface area (Å²) in [4.78, 5) is 0. The number of anilines is 2. The second-order valence-corrected chi connectivity index (χ2v) is 5.04. The Morgan fingerprint density at radius 1 is 1.31 bits per heavy atom. The Morgan fingerprint density at radius 3 is 2.62 bits per heavy atom. The van der Waals surface area contributed by atoms with E-state index < -0.39 is 0 Å². The Morgan fingerprint density at radius 2 is 2.00 bits per heavy atom. The fraction of sp³-hybridized carbons (Fsp3) is 0.727. The maximum absolute atomic E-state index is 5.72. The van der Waals surface area contributed by atoms with Gasteiger partial charge in [0, 0.05) is 6.04 Å². The van der Waals surface area contributed by atoms with Crippen molar-refractivity contribution in [2.24, 2.45) is 0 Å². The molecule has 1 aromatic rings. The standard InChI is InChI=1S/C11H19N3OS/c1-15-9-10(12)14-16-11(9)13-8-6-4-2-3-5-7-8/h8,13H,2-7H2,1H3,(H2,12,14). The van der Waals surface area contributed by atoms with Gasteiger partial charge in [-0.1, -0.05) is 25.7 Å². The first-order chi connectivity index (χ1) is 7.81. The second kappa shape index (κ2) is 5.39. The quantitative estimate of drug-likeness (QED) is 0.799. The molecule has 4 nitrogen and oxygen atoms in total. The minimum atomic E-state index is 0.489. The summed E-state index contributed by atoms with van der Waals surface area (Å²) in [6, 6.07) is 0.552. The van der Waals surface area contributed by atoms with Crippen LogP contribution in [0.15, 0.2) is 0 Å². The van der Waals surface area contributed by atoms with Gasteiger partial charge >= 0.3 is 0 Å². The van der Waals surface area contributed by atoms with E-state index in [1.54, 1.807) is 7.11 Å². The van der Waals surface area contributed by atoms with Crippen LogP contribution in [0.2, 0.25) is 0 Å². The fourth-order valence-electron chi connectivity index (χ4n) is 2.19. The number of ether oxygens (including phenoxy) is 1. The van der Waals surface area contributed by atoms with Crippen LogP contribution in [0.5, 0.6) is 5.75 Å². The number of nitrogens with zero attached hydrogens (tertiary/aromatic N) is 1. The summed E-state index contributed by atoms with van der Waals surface area (Å²) in [6.07, 6.45) is 7.82. The number of aromatic nitrogens is 1. The van der Waals surface area contributed by atoms with Gasteiger partial charge in [0.15, 0.2) is 16.6 Å². The Hall–Kier alpha value is -0.970. The van der Waals surface area contributed by atoms with Gasteiger partial charge < -0.3 is 15.8 Å². The van der Waals surface area contributed by atoms with E-state index in [1.165, 1.54) is 50.1 Å². The Labute approximate surface area is 100 Å². The molecule has 0 aliphatic heterocycles. The van der Waals surface area contributed by atoms with Gasteiger partial charge in [-0.25, -0.2) is 0 Å². The topological polar surface area (TPSA) is 60.2 Å². The number of hydrogen-bond donors (Lipinski definition) is 2.